The monoisotopic (exact) mass is 219 g/mol. The van der Waals surface area contributed by atoms with E-state index in [1.54, 1.807) is 13.0 Å². The van der Waals surface area contributed by atoms with Crippen LogP contribution in [0, 0.1) is 0 Å². The minimum absolute atomic E-state index is 0.00275. The standard InChI is InChI=1S/C9H11Cl2NO/c1-2-9(13)12-8-4-3-6(10)5-7(8)11/h3,5,8H,2,4H2,1H3,(H,12,13). The second-order valence-electron chi connectivity index (χ2n) is 2.83. The SMILES string of the molecule is CCC(=O)NC1CC=C(Cl)C=C1Cl. The fourth-order valence-electron chi connectivity index (χ4n) is 1.06. The molecule has 0 aromatic heterocycles. The molecule has 1 aliphatic rings. The first-order chi connectivity index (χ1) is 6.13. The highest BCUT2D eigenvalue weighted by atomic mass is 35.5. The van der Waals surface area contributed by atoms with Crippen molar-refractivity contribution in [2.24, 2.45) is 0 Å². The average molecular weight is 220 g/mol. The van der Waals surface area contributed by atoms with Crippen LogP contribution in [-0.4, -0.2) is 11.9 Å². The van der Waals surface area contributed by atoms with Gasteiger partial charge in [-0.25, -0.2) is 0 Å². The van der Waals surface area contributed by atoms with Crippen LogP contribution in [-0.2, 0) is 4.79 Å². The average Bonchev–Trinajstić information content (AvgIpc) is 2.09. The van der Waals surface area contributed by atoms with Gasteiger partial charge in [-0.15, -0.1) is 0 Å². The predicted octanol–water partition coefficient (Wildman–Crippen LogP) is 2.53. The van der Waals surface area contributed by atoms with Gasteiger partial charge in [-0.05, 0) is 12.5 Å². The highest BCUT2D eigenvalue weighted by Crippen LogP contribution is 2.23. The lowest BCUT2D eigenvalue weighted by molar-refractivity contribution is -0.121. The van der Waals surface area contributed by atoms with Gasteiger partial charge < -0.3 is 5.32 Å². The zero-order valence-electron chi connectivity index (χ0n) is 7.31. The molecular weight excluding hydrogens is 209 g/mol. The van der Waals surface area contributed by atoms with E-state index < -0.39 is 0 Å². The van der Waals surface area contributed by atoms with Crippen molar-refractivity contribution in [3.63, 3.8) is 0 Å². The molecule has 1 rings (SSSR count). The Balaban J connectivity index is 2.56. The summed E-state index contributed by atoms with van der Waals surface area (Å²) in [6.07, 6.45) is 4.64. The number of rotatable bonds is 2. The summed E-state index contributed by atoms with van der Waals surface area (Å²) in [6, 6.07) is -0.100. The van der Waals surface area contributed by atoms with E-state index in [-0.39, 0.29) is 11.9 Å². The van der Waals surface area contributed by atoms with Crippen molar-refractivity contribution in [2.45, 2.75) is 25.8 Å². The Bertz CT molecular complexity index is 271. The first-order valence-electron chi connectivity index (χ1n) is 4.15. The van der Waals surface area contributed by atoms with Crippen LogP contribution in [0.2, 0.25) is 0 Å². The van der Waals surface area contributed by atoms with Crippen LogP contribution < -0.4 is 5.32 Å². The summed E-state index contributed by atoms with van der Waals surface area (Å²) < 4.78 is 0. The molecule has 72 valence electrons. The molecule has 0 aromatic carbocycles. The first-order valence-corrected chi connectivity index (χ1v) is 4.91. The summed E-state index contributed by atoms with van der Waals surface area (Å²) in [6.45, 7) is 1.80. The molecule has 1 unspecified atom stereocenters. The molecule has 0 spiro atoms. The zero-order chi connectivity index (χ0) is 9.84. The lowest BCUT2D eigenvalue weighted by atomic mass is 10.1. The molecule has 1 amide bonds. The molecule has 0 saturated carbocycles. The van der Waals surface area contributed by atoms with E-state index in [1.165, 1.54) is 0 Å². The van der Waals surface area contributed by atoms with Gasteiger partial charge in [0.2, 0.25) is 5.91 Å². The maximum Gasteiger partial charge on any atom is 0.220 e. The van der Waals surface area contributed by atoms with Gasteiger partial charge in [-0.1, -0.05) is 36.2 Å². The molecule has 0 fully saturated rings. The molecule has 0 heterocycles. The number of halogens is 2. The molecule has 1 atom stereocenters. The molecule has 1 N–H and O–H groups in total. The highest BCUT2D eigenvalue weighted by Gasteiger charge is 2.16. The second kappa shape index (κ2) is 4.68. The number of carbonyl (C=O) groups excluding carboxylic acids is 1. The normalized spacial score (nSPS) is 21.9. The van der Waals surface area contributed by atoms with Crippen molar-refractivity contribution >= 4 is 29.1 Å². The van der Waals surface area contributed by atoms with E-state index in [0.29, 0.717) is 22.9 Å². The lowest BCUT2D eigenvalue weighted by Crippen LogP contribution is -2.35. The molecular formula is C9H11Cl2NO. The number of amides is 1. The molecule has 4 heteroatoms. The van der Waals surface area contributed by atoms with Crippen LogP contribution in [0.3, 0.4) is 0 Å². The number of hydrogen-bond acceptors (Lipinski definition) is 1. The third-order valence-electron chi connectivity index (χ3n) is 1.81. The van der Waals surface area contributed by atoms with Crippen LogP contribution in [0.5, 0.6) is 0 Å². The van der Waals surface area contributed by atoms with E-state index in [9.17, 15) is 4.79 Å². The fourth-order valence-corrected chi connectivity index (χ4v) is 1.58. The van der Waals surface area contributed by atoms with Gasteiger partial charge in [0, 0.05) is 16.5 Å². The van der Waals surface area contributed by atoms with E-state index in [1.807, 2.05) is 6.08 Å². The number of carbonyl (C=O) groups is 1. The Morgan fingerprint density at radius 2 is 2.38 bits per heavy atom. The highest BCUT2D eigenvalue weighted by molar-refractivity contribution is 6.35. The van der Waals surface area contributed by atoms with Crippen LogP contribution in [0.1, 0.15) is 19.8 Å². The molecule has 0 aromatic rings. The van der Waals surface area contributed by atoms with Gasteiger partial charge in [0.15, 0.2) is 0 Å². The summed E-state index contributed by atoms with van der Waals surface area (Å²) in [5.74, 6) is 0.00275. The van der Waals surface area contributed by atoms with Crippen molar-refractivity contribution in [3.05, 3.63) is 22.2 Å². The Morgan fingerprint density at radius 1 is 1.69 bits per heavy atom. The number of nitrogens with one attached hydrogen (secondary N) is 1. The first kappa shape index (κ1) is 10.6. The Labute approximate surface area is 87.6 Å². The number of allylic oxidation sites excluding steroid dienone is 2. The summed E-state index contributed by atoms with van der Waals surface area (Å²) in [5, 5.41) is 4.02. The third-order valence-corrected chi connectivity index (χ3v) is 2.45. The van der Waals surface area contributed by atoms with Crippen molar-refractivity contribution in [3.8, 4) is 0 Å². The van der Waals surface area contributed by atoms with Crippen LogP contribution >= 0.6 is 23.2 Å². The molecule has 0 bridgehead atoms. The molecule has 2 nitrogen and oxygen atoms in total. The van der Waals surface area contributed by atoms with E-state index in [0.717, 1.165) is 0 Å². The topological polar surface area (TPSA) is 29.1 Å². The second-order valence-corrected chi connectivity index (χ2v) is 3.70. The van der Waals surface area contributed by atoms with Crippen molar-refractivity contribution < 1.29 is 4.79 Å². The third kappa shape index (κ3) is 3.05. The molecule has 0 aliphatic heterocycles. The molecule has 1 aliphatic carbocycles. The quantitative estimate of drug-likeness (QED) is 0.761. The van der Waals surface area contributed by atoms with E-state index in [2.05, 4.69) is 5.32 Å². The largest absolute Gasteiger partial charge is 0.348 e. The summed E-state index contributed by atoms with van der Waals surface area (Å²) in [4.78, 5) is 11.1. The fraction of sp³-hybridized carbons (Fsp3) is 0.444. The molecule has 0 saturated heterocycles. The minimum atomic E-state index is -0.100. The van der Waals surface area contributed by atoms with Crippen molar-refractivity contribution in [1.29, 1.82) is 0 Å². The Kier molecular flexibility index (Phi) is 3.82. The van der Waals surface area contributed by atoms with Gasteiger partial charge >= 0.3 is 0 Å². The van der Waals surface area contributed by atoms with E-state index >= 15 is 0 Å². The van der Waals surface area contributed by atoms with Crippen LogP contribution in [0.4, 0.5) is 0 Å². The van der Waals surface area contributed by atoms with Crippen molar-refractivity contribution in [2.75, 3.05) is 0 Å². The summed E-state index contributed by atoms with van der Waals surface area (Å²) in [7, 11) is 0. The Morgan fingerprint density at radius 3 is 2.92 bits per heavy atom. The maximum atomic E-state index is 11.1. The van der Waals surface area contributed by atoms with Crippen molar-refractivity contribution in [1.82, 2.24) is 5.32 Å². The van der Waals surface area contributed by atoms with Gasteiger partial charge in [0.1, 0.15) is 0 Å². The summed E-state index contributed by atoms with van der Waals surface area (Å²) >= 11 is 11.6. The van der Waals surface area contributed by atoms with E-state index in [4.69, 9.17) is 23.2 Å². The zero-order valence-corrected chi connectivity index (χ0v) is 8.82. The summed E-state index contributed by atoms with van der Waals surface area (Å²) in [5.41, 5.74) is 0. The van der Waals surface area contributed by atoms with Crippen LogP contribution in [0.15, 0.2) is 22.2 Å². The van der Waals surface area contributed by atoms with Gasteiger partial charge in [0.05, 0.1) is 6.04 Å². The lowest BCUT2D eigenvalue weighted by Gasteiger charge is -2.19. The van der Waals surface area contributed by atoms with Crippen LogP contribution in [0.25, 0.3) is 0 Å². The number of hydrogen-bond donors (Lipinski definition) is 1. The Hall–Kier alpha value is -0.470. The van der Waals surface area contributed by atoms with Gasteiger partial charge in [0.25, 0.3) is 0 Å². The molecule has 0 radical (unpaired) electrons. The van der Waals surface area contributed by atoms with Gasteiger partial charge in [-0.3, -0.25) is 4.79 Å². The smallest absolute Gasteiger partial charge is 0.220 e. The van der Waals surface area contributed by atoms with Gasteiger partial charge in [-0.2, -0.15) is 0 Å². The molecule has 13 heavy (non-hydrogen) atoms. The predicted molar refractivity (Wildman–Crippen MR) is 54.7 cm³/mol. The minimum Gasteiger partial charge on any atom is -0.348 e. The maximum absolute atomic E-state index is 11.1.